The fraction of sp³-hybridized carbons (Fsp3) is 0.240. The van der Waals surface area contributed by atoms with Crippen molar-refractivity contribution < 1.29 is 22.3 Å². The van der Waals surface area contributed by atoms with Gasteiger partial charge in [-0.3, -0.25) is 0 Å². The van der Waals surface area contributed by atoms with Crippen LogP contribution < -0.4 is 14.9 Å². The monoisotopic (exact) mass is 486 g/mol. The molecule has 1 saturated heterocycles. The van der Waals surface area contributed by atoms with Crippen molar-refractivity contribution in [3.05, 3.63) is 89.3 Å². The number of hydrazine groups is 1. The van der Waals surface area contributed by atoms with Gasteiger partial charge in [-0.05, 0) is 43.2 Å². The van der Waals surface area contributed by atoms with Crippen LogP contribution in [0.3, 0.4) is 0 Å². The van der Waals surface area contributed by atoms with E-state index in [9.17, 15) is 13.2 Å². The minimum atomic E-state index is -1.53. The van der Waals surface area contributed by atoms with Crippen LogP contribution in [0, 0.1) is 24.4 Å². The lowest BCUT2D eigenvalue weighted by atomic mass is 10.1. The van der Waals surface area contributed by atoms with E-state index in [2.05, 4.69) is 10.5 Å². The van der Waals surface area contributed by atoms with Crippen molar-refractivity contribution in [2.24, 2.45) is 0 Å². The number of imidazole rings is 1. The number of hydrogen-bond acceptors (Lipinski definition) is 4. The van der Waals surface area contributed by atoms with Crippen LogP contribution in [0.5, 0.6) is 5.75 Å². The number of nitrogens with zero attached hydrogens (tertiary/aromatic N) is 4. The molecule has 1 atom stereocenters. The lowest BCUT2D eigenvalue weighted by molar-refractivity contribution is 0.134. The van der Waals surface area contributed by atoms with Gasteiger partial charge in [-0.15, -0.1) is 0 Å². The summed E-state index contributed by atoms with van der Waals surface area (Å²) in [4.78, 5) is 4.22. The maximum Gasteiger partial charge on any atom is 0.208 e. The Kier molecular flexibility index (Phi) is 5.86. The van der Waals surface area contributed by atoms with Crippen molar-refractivity contribution >= 4 is 11.8 Å². The SMILES string of the molecule is COc1cc(/C=C(\F)N2CC3=CCCC[N+]3(c3cc(F)c(F)c(F)c3)N2)ccc1-n1cnc(C)c1. The highest BCUT2D eigenvalue weighted by Crippen LogP contribution is 2.38. The lowest BCUT2D eigenvalue weighted by Crippen LogP contribution is -2.58. The van der Waals surface area contributed by atoms with E-state index in [-0.39, 0.29) is 16.8 Å². The van der Waals surface area contributed by atoms with Crippen LogP contribution in [0.2, 0.25) is 0 Å². The van der Waals surface area contributed by atoms with E-state index in [4.69, 9.17) is 4.74 Å². The van der Waals surface area contributed by atoms with E-state index >= 15 is 4.39 Å². The van der Waals surface area contributed by atoms with Crippen molar-refractivity contribution in [1.82, 2.24) is 24.7 Å². The van der Waals surface area contributed by atoms with Crippen molar-refractivity contribution in [2.45, 2.75) is 19.8 Å². The normalized spacial score (nSPS) is 20.1. The summed E-state index contributed by atoms with van der Waals surface area (Å²) in [5.41, 5.74) is 6.12. The Morgan fingerprint density at radius 3 is 2.63 bits per heavy atom. The molecule has 3 aromatic rings. The van der Waals surface area contributed by atoms with Gasteiger partial charge >= 0.3 is 0 Å². The molecule has 0 saturated carbocycles. The van der Waals surface area contributed by atoms with E-state index < -0.39 is 23.4 Å². The van der Waals surface area contributed by atoms with Crippen molar-refractivity contribution in [3.8, 4) is 11.4 Å². The van der Waals surface area contributed by atoms with Gasteiger partial charge in [-0.25, -0.2) is 23.2 Å². The molecule has 2 aromatic carbocycles. The number of allylic oxidation sites excluding steroid dienone is 1. The van der Waals surface area contributed by atoms with E-state index in [1.165, 1.54) is 18.2 Å². The fourth-order valence-corrected chi connectivity index (χ4v) is 4.60. The fourth-order valence-electron chi connectivity index (χ4n) is 4.60. The summed E-state index contributed by atoms with van der Waals surface area (Å²) < 4.78 is 64.2. The molecule has 1 fully saturated rings. The highest BCUT2D eigenvalue weighted by Gasteiger charge is 2.47. The van der Waals surface area contributed by atoms with E-state index in [0.29, 0.717) is 24.3 Å². The Morgan fingerprint density at radius 2 is 1.94 bits per heavy atom. The first-order chi connectivity index (χ1) is 16.8. The molecular weight excluding hydrogens is 462 g/mol. The topological polar surface area (TPSA) is 42.3 Å². The summed E-state index contributed by atoms with van der Waals surface area (Å²) in [5, 5.41) is 1.29. The van der Waals surface area contributed by atoms with Crippen LogP contribution >= 0.6 is 0 Å². The van der Waals surface area contributed by atoms with Crippen molar-refractivity contribution in [1.29, 1.82) is 0 Å². The average Bonchev–Trinajstić information content (AvgIpc) is 3.46. The Morgan fingerprint density at radius 1 is 1.17 bits per heavy atom. The molecule has 0 spiro atoms. The highest BCUT2D eigenvalue weighted by molar-refractivity contribution is 5.59. The smallest absolute Gasteiger partial charge is 0.208 e. The predicted octanol–water partition coefficient (Wildman–Crippen LogP) is 5.29. The summed E-state index contributed by atoms with van der Waals surface area (Å²) in [7, 11) is 1.54. The summed E-state index contributed by atoms with van der Waals surface area (Å²) in [6.45, 7) is 2.48. The van der Waals surface area contributed by atoms with Crippen LogP contribution in [0.15, 0.2) is 60.6 Å². The third-order valence-electron chi connectivity index (χ3n) is 6.33. The second-order valence-electron chi connectivity index (χ2n) is 8.60. The number of halogens is 4. The van der Waals surface area contributed by atoms with Crippen molar-refractivity contribution in [2.75, 3.05) is 20.2 Å². The summed E-state index contributed by atoms with van der Waals surface area (Å²) >= 11 is 0. The van der Waals surface area contributed by atoms with Crippen LogP contribution in [-0.4, -0.2) is 34.8 Å². The van der Waals surface area contributed by atoms with E-state index in [1.807, 2.05) is 23.8 Å². The van der Waals surface area contributed by atoms with E-state index in [0.717, 1.165) is 35.6 Å². The number of ether oxygens (including phenoxy) is 1. The molecule has 2 aliphatic rings. The largest absolute Gasteiger partial charge is 0.495 e. The van der Waals surface area contributed by atoms with Crippen LogP contribution in [0.25, 0.3) is 11.8 Å². The third kappa shape index (κ3) is 4.08. The highest BCUT2D eigenvalue weighted by atomic mass is 19.2. The van der Waals surface area contributed by atoms with E-state index in [1.54, 1.807) is 24.5 Å². The number of aryl methyl sites for hydroxylation is 1. The summed E-state index contributed by atoms with van der Waals surface area (Å²) in [5.74, 6) is -4.14. The van der Waals surface area contributed by atoms with Crippen LogP contribution in [0.4, 0.5) is 23.2 Å². The molecule has 3 heterocycles. The Hall–Kier alpha value is -3.63. The molecule has 0 amide bonds. The zero-order valence-electron chi connectivity index (χ0n) is 19.2. The van der Waals surface area contributed by atoms with Gasteiger partial charge in [0.25, 0.3) is 0 Å². The number of aromatic nitrogens is 2. The number of quaternary nitrogens is 1. The molecule has 1 unspecified atom stereocenters. The molecule has 2 aliphatic heterocycles. The second-order valence-corrected chi connectivity index (χ2v) is 8.60. The van der Waals surface area contributed by atoms with Crippen LogP contribution in [-0.2, 0) is 0 Å². The zero-order chi connectivity index (χ0) is 24.7. The van der Waals surface area contributed by atoms with Crippen LogP contribution in [0.1, 0.15) is 24.1 Å². The molecule has 0 aliphatic carbocycles. The molecule has 35 heavy (non-hydrogen) atoms. The Labute approximate surface area is 199 Å². The second kappa shape index (κ2) is 8.86. The number of methoxy groups -OCH3 is 1. The number of benzene rings is 2. The summed E-state index contributed by atoms with van der Waals surface area (Å²) in [6.07, 6.45) is 8.27. The minimum Gasteiger partial charge on any atom is -0.495 e. The first-order valence-electron chi connectivity index (χ1n) is 11.1. The lowest BCUT2D eigenvalue weighted by Gasteiger charge is -2.35. The number of fused-ring (bicyclic) bond motifs is 1. The first-order valence-corrected chi connectivity index (χ1v) is 11.1. The summed E-state index contributed by atoms with van der Waals surface area (Å²) in [6, 6.07) is 7.18. The van der Waals surface area contributed by atoms with Gasteiger partial charge in [0.2, 0.25) is 5.95 Å². The van der Waals surface area contributed by atoms with Gasteiger partial charge in [0.05, 0.1) is 24.8 Å². The molecule has 6 nitrogen and oxygen atoms in total. The molecular formula is C25H24F4N5O+. The maximum absolute atomic E-state index is 15.4. The molecule has 5 rings (SSSR count). The number of hydrogen-bond donors (Lipinski definition) is 1. The van der Waals surface area contributed by atoms with Gasteiger partial charge in [-0.1, -0.05) is 11.6 Å². The molecule has 10 heteroatoms. The molecule has 1 aromatic heterocycles. The quantitative estimate of drug-likeness (QED) is 0.230. The molecule has 1 N–H and O–H groups in total. The average molecular weight is 486 g/mol. The minimum absolute atomic E-state index is 0.159. The first kappa shape index (κ1) is 23.1. The zero-order valence-corrected chi connectivity index (χ0v) is 19.2. The Bertz CT molecular complexity index is 1330. The van der Waals surface area contributed by atoms with Gasteiger partial charge in [-0.2, -0.15) is 8.98 Å². The molecule has 0 bridgehead atoms. The van der Waals surface area contributed by atoms with Gasteiger partial charge < -0.3 is 9.30 Å². The standard InChI is InChI=1S/C25H24F4N5O/c1-16-13-32(15-30-16)22-7-6-17(9-23(22)35-2)10-24(28)33-14-18-5-3-4-8-34(18,31-33)19-11-20(26)25(29)21(27)12-19/h5-7,9-13,15,31H,3-4,8,14H2,1-2H3/q+1/b24-10+. The van der Waals surface area contributed by atoms with Gasteiger partial charge in [0.15, 0.2) is 28.8 Å². The van der Waals surface area contributed by atoms with Gasteiger partial charge in [0.1, 0.15) is 18.8 Å². The number of rotatable bonds is 5. The van der Waals surface area contributed by atoms with Gasteiger partial charge in [0, 0.05) is 24.8 Å². The number of nitrogens with one attached hydrogen (secondary N) is 1. The molecule has 0 radical (unpaired) electrons. The van der Waals surface area contributed by atoms with Crippen molar-refractivity contribution in [3.63, 3.8) is 0 Å². The Balaban J connectivity index is 1.46. The maximum atomic E-state index is 15.4. The predicted molar refractivity (Wildman–Crippen MR) is 124 cm³/mol. The third-order valence-corrected chi connectivity index (χ3v) is 6.33. The molecule has 182 valence electrons.